The number of para-hydroxylation sites is 2. The second kappa shape index (κ2) is 10.1. The Morgan fingerprint density at radius 2 is 1.83 bits per heavy atom. The van der Waals surface area contributed by atoms with Gasteiger partial charge in [0.1, 0.15) is 0 Å². The van der Waals surface area contributed by atoms with E-state index in [-0.39, 0.29) is 34.6 Å². The Kier molecular flexibility index (Phi) is 7.24. The molecule has 2 aromatic carbocycles. The van der Waals surface area contributed by atoms with Gasteiger partial charge in [-0.1, -0.05) is 45.0 Å². The fourth-order valence-corrected chi connectivity index (χ4v) is 5.69. The molecule has 4 rings (SSSR count). The number of primary sulfonamides is 1. The first-order valence-corrected chi connectivity index (χ1v) is 13.8. The van der Waals surface area contributed by atoms with Crippen LogP contribution < -0.4 is 20.7 Å². The zero-order valence-corrected chi connectivity index (χ0v) is 21.8. The summed E-state index contributed by atoms with van der Waals surface area (Å²) in [5, 5.41) is 11.6. The van der Waals surface area contributed by atoms with Gasteiger partial charge in [-0.2, -0.15) is 0 Å². The highest BCUT2D eigenvalue weighted by Gasteiger charge is 2.40. The largest absolute Gasteiger partial charge is 0.357 e. The summed E-state index contributed by atoms with van der Waals surface area (Å²) in [6.45, 7) is 6.80. The molecule has 2 aromatic rings. The van der Waals surface area contributed by atoms with Gasteiger partial charge in [-0.05, 0) is 54.5 Å². The monoisotopic (exact) mass is 510 g/mol. The number of carbonyl (C=O) groups excluding carboxylic acids is 2. The standard InChI is InChI=1S/C27H34N4O4S/c1-4-22-26-21(15-27(2,3)16-24(26)32)30-20-7-5-6-8-23(20)31(22)17-25(33)29-14-13-18-9-11-19(12-10-18)36(28,34)35/h5-12,22,30H,4,13-17H2,1-3H3,(H,29,33)(H2,28,34,35). The van der Waals surface area contributed by atoms with Crippen molar-refractivity contribution in [3.63, 3.8) is 0 Å². The summed E-state index contributed by atoms with van der Waals surface area (Å²) >= 11 is 0. The van der Waals surface area contributed by atoms with Gasteiger partial charge < -0.3 is 15.5 Å². The molecule has 1 amide bonds. The van der Waals surface area contributed by atoms with E-state index in [1.165, 1.54) is 12.1 Å². The van der Waals surface area contributed by atoms with Gasteiger partial charge in [-0.25, -0.2) is 13.6 Å². The average molecular weight is 511 g/mol. The Morgan fingerprint density at radius 1 is 1.14 bits per heavy atom. The highest BCUT2D eigenvalue weighted by atomic mass is 32.2. The van der Waals surface area contributed by atoms with Crippen LogP contribution in [0.15, 0.2) is 64.7 Å². The van der Waals surface area contributed by atoms with Crippen LogP contribution in [0.2, 0.25) is 0 Å². The van der Waals surface area contributed by atoms with Crippen LogP contribution in [-0.4, -0.2) is 39.2 Å². The van der Waals surface area contributed by atoms with Gasteiger partial charge in [0.15, 0.2) is 5.78 Å². The van der Waals surface area contributed by atoms with Crippen molar-refractivity contribution in [1.29, 1.82) is 0 Å². The van der Waals surface area contributed by atoms with Crippen LogP contribution in [0.1, 0.15) is 45.6 Å². The zero-order valence-electron chi connectivity index (χ0n) is 21.0. The van der Waals surface area contributed by atoms with Crippen LogP contribution in [0.3, 0.4) is 0 Å². The second-order valence-corrected chi connectivity index (χ2v) is 11.9. The lowest BCUT2D eigenvalue weighted by atomic mass is 9.74. The molecule has 1 aliphatic heterocycles. The highest BCUT2D eigenvalue weighted by Crippen LogP contribution is 2.44. The van der Waals surface area contributed by atoms with E-state index in [0.717, 1.165) is 34.6 Å². The number of amides is 1. The molecule has 0 saturated carbocycles. The lowest BCUT2D eigenvalue weighted by Gasteiger charge is -2.37. The predicted molar refractivity (Wildman–Crippen MR) is 141 cm³/mol. The van der Waals surface area contributed by atoms with Crippen molar-refractivity contribution >= 4 is 33.1 Å². The van der Waals surface area contributed by atoms with Crippen molar-refractivity contribution in [2.45, 2.75) is 57.4 Å². The number of nitrogens with two attached hydrogens (primary N) is 1. The molecule has 0 aromatic heterocycles. The molecular formula is C27H34N4O4S. The van der Waals surface area contributed by atoms with Crippen molar-refractivity contribution in [2.24, 2.45) is 10.6 Å². The molecular weight excluding hydrogens is 476 g/mol. The van der Waals surface area contributed by atoms with Gasteiger partial charge in [-0.15, -0.1) is 0 Å². The van der Waals surface area contributed by atoms with Crippen molar-refractivity contribution < 1.29 is 18.0 Å². The molecule has 1 unspecified atom stereocenters. The first-order chi connectivity index (χ1) is 17.0. The normalized spacial score (nSPS) is 19.2. The quantitative estimate of drug-likeness (QED) is 0.525. The number of hydrogen-bond acceptors (Lipinski definition) is 6. The molecule has 0 fully saturated rings. The Hall–Kier alpha value is -3.17. The van der Waals surface area contributed by atoms with Gasteiger partial charge in [0.25, 0.3) is 0 Å². The van der Waals surface area contributed by atoms with Gasteiger partial charge in [0.05, 0.1) is 28.9 Å². The number of fused-ring (bicyclic) bond motifs is 1. The van der Waals surface area contributed by atoms with Crippen molar-refractivity contribution in [2.75, 3.05) is 23.3 Å². The number of allylic oxidation sites excluding steroid dienone is 1. The first-order valence-electron chi connectivity index (χ1n) is 12.3. The van der Waals surface area contributed by atoms with E-state index in [1.54, 1.807) is 12.1 Å². The van der Waals surface area contributed by atoms with Crippen LogP contribution in [-0.2, 0) is 26.0 Å². The number of carbonyl (C=O) groups is 2. The number of Topliss-reactive ketones (excluding diaryl/α,β-unsaturated/α-hetero) is 1. The molecule has 192 valence electrons. The molecule has 1 aliphatic carbocycles. The summed E-state index contributed by atoms with van der Waals surface area (Å²) in [7, 11) is -3.73. The van der Waals surface area contributed by atoms with Crippen molar-refractivity contribution in [3.8, 4) is 0 Å². The van der Waals surface area contributed by atoms with Gasteiger partial charge in [-0.3, -0.25) is 9.59 Å². The van der Waals surface area contributed by atoms with Crippen LogP contribution >= 0.6 is 0 Å². The smallest absolute Gasteiger partial charge is 0.239 e. The molecule has 9 heteroatoms. The third kappa shape index (κ3) is 5.63. The van der Waals surface area contributed by atoms with E-state index in [0.29, 0.717) is 25.8 Å². The lowest BCUT2D eigenvalue weighted by Crippen LogP contribution is -2.46. The minimum absolute atomic E-state index is 0.0589. The number of nitrogens with one attached hydrogen (secondary N) is 2. The molecule has 8 nitrogen and oxygen atoms in total. The number of sulfonamides is 1. The highest BCUT2D eigenvalue weighted by molar-refractivity contribution is 7.89. The molecule has 4 N–H and O–H groups in total. The summed E-state index contributed by atoms with van der Waals surface area (Å²) in [4.78, 5) is 28.4. The van der Waals surface area contributed by atoms with E-state index in [9.17, 15) is 18.0 Å². The average Bonchev–Trinajstić information content (AvgIpc) is 2.92. The molecule has 0 spiro atoms. The summed E-state index contributed by atoms with van der Waals surface area (Å²) in [5.41, 5.74) is 4.32. The molecule has 2 aliphatic rings. The van der Waals surface area contributed by atoms with E-state index < -0.39 is 10.0 Å². The summed E-state index contributed by atoms with van der Waals surface area (Å²) < 4.78 is 22.9. The number of hydrogen-bond donors (Lipinski definition) is 3. The van der Waals surface area contributed by atoms with Gasteiger partial charge >= 0.3 is 0 Å². The topological polar surface area (TPSA) is 122 Å². The van der Waals surface area contributed by atoms with Gasteiger partial charge in [0.2, 0.25) is 15.9 Å². The third-order valence-electron chi connectivity index (χ3n) is 6.82. The Morgan fingerprint density at radius 3 is 2.50 bits per heavy atom. The zero-order chi connectivity index (χ0) is 26.1. The van der Waals surface area contributed by atoms with Crippen LogP contribution in [0, 0.1) is 5.41 Å². The molecule has 1 heterocycles. The number of ketones is 1. The Labute approximate surface area is 213 Å². The van der Waals surface area contributed by atoms with Crippen LogP contribution in [0.25, 0.3) is 0 Å². The molecule has 0 bridgehead atoms. The number of rotatable bonds is 7. The van der Waals surface area contributed by atoms with Crippen molar-refractivity contribution in [3.05, 3.63) is 65.4 Å². The minimum atomic E-state index is -3.73. The third-order valence-corrected chi connectivity index (χ3v) is 7.75. The molecule has 0 saturated heterocycles. The predicted octanol–water partition coefficient (Wildman–Crippen LogP) is 3.35. The van der Waals surface area contributed by atoms with Crippen molar-refractivity contribution in [1.82, 2.24) is 5.32 Å². The minimum Gasteiger partial charge on any atom is -0.357 e. The van der Waals surface area contributed by atoms with Crippen LogP contribution in [0.4, 0.5) is 11.4 Å². The molecule has 0 radical (unpaired) electrons. The maximum Gasteiger partial charge on any atom is 0.239 e. The lowest BCUT2D eigenvalue weighted by molar-refractivity contribution is -0.120. The summed E-state index contributed by atoms with van der Waals surface area (Å²) in [5.74, 6) is -0.00111. The van der Waals surface area contributed by atoms with E-state index in [2.05, 4.69) is 24.5 Å². The maximum absolute atomic E-state index is 13.3. The number of anilines is 2. The Bertz CT molecular complexity index is 1300. The molecule has 1 atom stereocenters. The fraction of sp³-hybridized carbons (Fsp3) is 0.407. The maximum atomic E-state index is 13.3. The molecule has 36 heavy (non-hydrogen) atoms. The SMILES string of the molecule is CCC1C2=C(CC(C)(C)CC2=O)Nc2ccccc2N1CC(=O)NCCc1ccc(S(N)(=O)=O)cc1. The van der Waals surface area contributed by atoms with E-state index >= 15 is 0 Å². The number of benzene rings is 2. The first kappa shape index (κ1) is 25.9. The van der Waals surface area contributed by atoms with E-state index in [1.807, 2.05) is 36.1 Å². The Balaban J connectivity index is 1.50. The number of nitrogens with zero attached hydrogens (tertiary/aromatic N) is 1. The second-order valence-electron chi connectivity index (χ2n) is 10.3. The van der Waals surface area contributed by atoms with E-state index in [4.69, 9.17) is 5.14 Å². The summed E-state index contributed by atoms with van der Waals surface area (Å²) in [6.07, 6.45) is 2.52. The fourth-order valence-electron chi connectivity index (χ4n) is 5.17. The van der Waals surface area contributed by atoms with Gasteiger partial charge in [0, 0.05) is 24.2 Å². The van der Waals surface area contributed by atoms with Crippen LogP contribution in [0.5, 0.6) is 0 Å². The summed E-state index contributed by atoms with van der Waals surface area (Å²) in [6, 6.07) is 14.0.